The number of benzene rings is 1. The number of carbonyl (C=O) groups is 2. The maximum atomic E-state index is 12.4. The number of esters is 1. The van der Waals surface area contributed by atoms with Crippen LogP contribution in [0.25, 0.3) is 6.08 Å². The molecule has 1 aromatic carbocycles. The molecule has 0 bridgehead atoms. The summed E-state index contributed by atoms with van der Waals surface area (Å²) in [5.41, 5.74) is 0.667. The molecule has 0 saturated heterocycles. The maximum Gasteiger partial charge on any atom is 0.379 e. The second-order valence-corrected chi connectivity index (χ2v) is 8.27. The first-order chi connectivity index (χ1) is 14.5. The molecule has 2 aliphatic heterocycles. The van der Waals surface area contributed by atoms with Crippen LogP contribution in [-0.4, -0.2) is 38.7 Å². The summed E-state index contributed by atoms with van der Waals surface area (Å²) >= 11 is 8.78. The van der Waals surface area contributed by atoms with Crippen LogP contribution in [0, 0.1) is 5.41 Å². The van der Waals surface area contributed by atoms with E-state index >= 15 is 0 Å². The summed E-state index contributed by atoms with van der Waals surface area (Å²) in [6.07, 6.45) is 2.89. The maximum absolute atomic E-state index is 12.4. The molecular formula is C19H13ClN4O4S2. The molecule has 30 heavy (non-hydrogen) atoms. The van der Waals surface area contributed by atoms with Crippen molar-refractivity contribution in [2.24, 2.45) is 9.39 Å². The van der Waals surface area contributed by atoms with Gasteiger partial charge in [0.05, 0.1) is 28.8 Å². The van der Waals surface area contributed by atoms with Crippen molar-refractivity contribution in [3.63, 3.8) is 0 Å². The zero-order valence-corrected chi connectivity index (χ0v) is 17.8. The van der Waals surface area contributed by atoms with E-state index in [-0.39, 0.29) is 27.9 Å². The van der Waals surface area contributed by atoms with Crippen molar-refractivity contribution in [3.8, 4) is 5.75 Å². The molecule has 2 aromatic rings. The number of nitrogens with zero attached hydrogens (tertiary/aromatic N) is 3. The molecule has 0 fully saturated rings. The van der Waals surface area contributed by atoms with E-state index in [2.05, 4.69) is 9.39 Å². The fourth-order valence-corrected chi connectivity index (χ4v) is 4.42. The predicted molar refractivity (Wildman–Crippen MR) is 118 cm³/mol. The summed E-state index contributed by atoms with van der Waals surface area (Å²) < 4.78 is 14.5. The quantitative estimate of drug-likeness (QED) is 0.310. The molecule has 0 aliphatic carbocycles. The number of thioether (sulfide) groups is 1. The number of hydrogen-bond donors (Lipinski definition) is 1. The SMILES string of the molecule is CCSC1=NSC2=NC(=O)/C(=C\c3ccc(OC(=O)c4ccco4)c(Cl)c3)C(=N)N12. The topological polar surface area (TPSA) is 108 Å². The highest BCUT2D eigenvalue weighted by atomic mass is 35.5. The number of carbonyl (C=O) groups excluding carboxylic acids is 2. The van der Waals surface area contributed by atoms with E-state index in [4.69, 9.17) is 26.2 Å². The van der Waals surface area contributed by atoms with Crippen LogP contribution in [0.1, 0.15) is 23.0 Å². The van der Waals surface area contributed by atoms with Gasteiger partial charge in [0.1, 0.15) is 11.6 Å². The van der Waals surface area contributed by atoms with E-state index in [1.807, 2.05) is 6.92 Å². The molecule has 0 unspecified atom stereocenters. The minimum Gasteiger partial charge on any atom is -0.457 e. The van der Waals surface area contributed by atoms with E-state index < -0.39 is 11.9 Å². The van der Waals surface area contributed by atoms with E-state index in [0.29, 0.717) is 15.9 Å². The average Bonchev–Trinajstić information content (AvgIpc) is 3.38. The van der Waals surface area contributed by atoms with Gasteiger partial charge in [0, 0.05) is 0 Å². The van der Waals surface area contributed by atoms with Gasteiger partial charge in [-0.2, -0.15) is 9.39 Å². The van der Waals surface area contributed by atoms with Gasteiger partial charge in [0.25, 0.3) is 5.91 Å². The molecule has 1 N–H and O–H groups in total. The number of hydrogen-bond acceptors (Lipinski definition) is 8. The Morgan fingerprint density at radius 1 is 1.43 bits per heavy atom. The smallest absolute Gasteiger partial charge is 0.379 e. The third kappa shape index (κ3) is 3.93. The second kappa shape index (κ2) is 8.50. The Labute approximate surface area is 184 Å². The van der Waals surface area contributed by atoms with E-state index in [1.165, 1.54) is 42.3 Å². The van der Waals surface area contributed by atoms with Crippen LogP contribution in [0.4, 0.5) is 0 Å². The molecule has 0 atom stereocenters. The van der Waals surface area contributed by atoms with Gasteiger partial charge in [-0.15, -0.1) is 0 Å². The van der Waals surface area contributed by atoms with Gasteiger partial charge in [0.15, 0.2) is 5.17 Å². The molecule has 11 heteroatoms. The molecule has 1 aromatic heterocycles. The first-order valence-corrected chi connectivity index (χ1v) is 10.8. The fraction of sp³-hybridized carbons (Fsp3) is 0.105. The monoisotopic (exact) mass is 460 g/mol. The number of amidine groups is 3. The zero-order chi connectivity index (χ0) is 21.3. The lowest BCUT2D eigenvalue weighted by atomic mass is 10.1. The van der Waals surface area contributed by atoms with E-state index in [0.717, 1.165) is 17.7 Å². The Hall–Kier alpha value is -2.82. The number of halogens is 1. The molecule has 0 spiro atoms. The number of ether oxygens (including phenoxy) is 1. The van der Waals surface area contributed by atoms with Crippen molar-refractivity contribution in [1.82, 2.24) is 4.90 Å². The largest absolute Gasteiger partial charge is 0.457 e. The summed E-state index contributed by atoms with van der Waals surface area (Å²) in [5.74, 6) is -0.225. The number of furan rings is 1. The van der Waals surface area contributed by atoms with Crippen molar-refractivity contribution in [3.05, 3.63) is 58.5 Å². The van der Waals surface area contributed by atoms with Crippen molar-refractivity contribution in [2.75, 3.05) is 5.75 Å². The number of fused-ring (bicyclic) bond motifs is 1. The van der Waals surface area contributed by atoms with Gasteiger partial charge in [-0.1, -0.05) is 36.4 Å². The third-order valence-corrected chi connectivity index (χ3v) is 5.89. The molecule has 0 radical (unpaired) electrons. The highest BCUT2D eigenvalue weighted by Crippen LogP contribution is 2.33. The number of amides is 1. The highest BCUT2D eigenvalue weighted by Gasteiger charge is 2.37. The van der Waals surface area contributed by atoms with Gasteiger partial charge >= 0.3 is 5.97 Å². The normalized spacial score (nSPS) is 17.1. The Bertz CT molecular complexity index is 1140. The van der Waals surface area contributed by atoms with Gasteiger partial charge in [-0.05, 0) is 41.7 Å². The Balaban J connectivity index is 1.58. The van der Waals surface area contributed by atoms with Crippen LogP contribution in [-0.2, 0) is 4.79 Å². The summed E-state index contributed by atoms with van der Waals surface area (Å²) in [4.78, 5) is 30.0. The van der Waals surface area contributed by atoms with Crippen LogP contribution in [0.15, 0.2) is 56.0 Å². The summed E-state index contributed by atoms with van der Waals surface area (Å²) in [6, 6.07) is 7.72. The first-order valence-electron chi connectivity index (χ1n) is 8.64. The van der Waals surface area contributed by atoms with Crippen molar-refractivity contribution < 1.29 is 18.7 Å². The molecule has 0 saturated carbocycles. The van der Waals surface area contributed by atoms with E-state index in [1.54, 1.807) is 17.0 Å². The van der Waals surface area contributed by atoms with E-state index in [9.17, 15) is 9.59 Å². The van der Waals surface area contributed by atoms with Gasteiger partial charge in [-0.3, -0.25) is 10.2 Å². The Kier molecular flexibility index (Phi) is 5.80. The molecule has 3 heterocycles. The van der Waals surface area contributed by atoms with Crippen molar-refractivity contribution in [1.29, 1.82) is 5.41 Å². The van der Waals surface area contributed by atoms with Crippen LogP contribution in [0.2, 0.25) is 5.02 Å². The lowest BCUT2D eigenvalue weighted by Gasteiger charge is -2.24. The number of nitrogens with one attached hydrogen (secondary N) is 1. The van der Waals surface area contributed by atoms with Crippen LogP contribution >= 0.6 is 35.3 Å². The van der Waals surface area contributed by atoms with Crippen molar-refractivity contribution >= 4 is 69.4 Å². The van der Waals surface area contributed by atoms with Crippen molar-refractivity contribution in [2.45, 2.75) is 6.92 Å². The lowest BCUT2D eigenvalue weighted by molar-refractivity contribution is -0.114. The Morgan fingerprint density at radius 3 is 2.97 bits per heavy atom. The summed E-state index contributed by atoms with van der Waals surface area (Å²) in [6.45, 7) is 1.98. The standard InChI is InChI=1S/C19H13ClN4O4S2/c1-2-29-19-23-30-18-22-16(25)11(15(21)24(18)19)8-10-5-6-13(12(20)9-10)28-17(26)14-4-3-7-27-14/h3-9,21H,2H2,1H3/b11-8-,21-15?. The predicted octanol–water partition coefficient (Wildman–Crippen LogP) is 4.48. The number of rotatable bonds is 4. The molecular weight excluding hydrogens is 448 g/mol. The van der Waals surface area contributed by atoms with Crippen LogP contribution < -0.4 is 4.74 Å². The molecule has 8 nitrogen and oxygen atoms in total. The Morgan fingerprint density at radius 2 is 2.27 bits per heavy atom. The second-order valence-electron chi connectivity index (χ2n) is 5.90. The fourth-order valence-electron chi connectivity index (χ4n) is 2.63. The molecule has 4 rings (SSSR count). The minimum absolute atomic E-state index is 0.000791. The molecule has 2 aliphatic rings. The molecule has 152 valence electrons. The van der Waals surface area contributed by atoms with Crippen LogP contribution in [0.3, 0.4) is 0 Å². The third-order valence-electron chi connectivity index (χ3n) is 3.96. The molecule has 1 amide bonds. The minimum atomic E-state index is -0.675. The number of aliphatic imine (C=N–C) groups is 1. The van der Waals surface area contributed by atoms with Crippen LogP contribution in [0.5, 0.6) is 5.75 Å². The van der Waals surface area contributed by atoms with Gasteiger partial charge in [0.2, 0.25) is 10.9 Å². The summed E-state index contributed by atoms with van der Waals surface area (Å²) in [5, 5.41) is 9.62. The van der Waals surface area contributed by atoms with Gasteiger partial charge in [-0.25, -0.2) is 9.69 Å². The first kappa shape index (κ1) is 20.5. The zero-order valence-electron chi connectivity index (χ0n) is 15.4. The lowest BCUT2D eigenvalue weighted by Crippen LogP contribution is -2.41. The highest BCUT2D eigenvalue weighted by molar-refractivity contribution is 8.19. The van der Waals surface area contributed by atoms with Gasteiger partial charge < -0.3 is 9.15 Å². The summed E-state index contributed by atoms with van der Waals surface area (Å²) in [7, 11) is 0. The average molecular weight is 461 g/mol.